The number of aromatic nitrogens is 2. The third-order valence-corrected chi connectivity index (χ3v) is 8.68. The van der Waals surface area contributed by atoms with Crippen LogP contribution in [0.25, 0.3) is 0 Å². The molecule has 0 spiro atoms. The van der Waals surface area contributed by atoms with Crippen molar-refractivity contribution < 1.29 is 37.1 Å². The van der Waals surface area contributed by atoms with E-state index < -0.39 is 65.3 Å². The Balaban J connectivity index is 1.69. The first-order chi connectivity index (χ1) is 18.7. The average molecular weight is 606 g/mol. The van der Waals surface area contributed by atoms with Gasteiger partial charge in [0.1, 0.15) is 5.67 Å². The monoisotopic (exact) mass is 605 g/mol. The molecule has 0 aliphatic heterocycles. The van der Waals surface area contributed by atoms with Crippen molar-refractivity contribution in [3.05, 3.63) is 51.3 Å². The quantitative estimate of drug-likeness (QED) is 0.258. The van der Waals surface area contributed by atoms with Crippen LogP contribution in [0.4, 0.5) is 17.6 Å². The van der Waals surface area contributed by atoms with Gasteiger partial charge in [0.05, 0.1) is 51.9 Å². The van der Waals surface area contributed by atoms with Crippen LogP contribution in [0, 0.1) is 5.41 Å². The maximum Gasteiger partial charge on any atom is 0.433 e. The number of halogens is 6. The fourth-order valence-corrected chi connectivity index (χ4v) is 6.28. The fourth-order valence-electron chi connectivity index (χ4n) is 5.67. The molecule has 4 rings (SSSR count). The van der Waals surface area contributed by atoms with Crippen LogP contribution < -0.4 is 0 Å². The van der Waals surface area contributed by atoms with Crippen LogP contribution in [-0.4, -0.2) is 56.2 Å². The predicted octanol–water partition coefficient (Wildman–Crippen LogP) is 7.02. The van der Waals surface area contributed by atoms with E-state index in [1.807, 2.05) is 0 Å². The lowest BCUT2D eigenvalue weighted by Crippen LogP contribution is -2.45. The molecule has 2 aliphatic rings. The molecule has 2 saturated carbocycles. The van der Waals surface area contributed by atoms with E-state index in [1.54, 1.807) is 6.92 Å². The number of amides is 1. The van der Waals surface area contributed by atoms with Crippen molar-refractivity contribution in [3.63, 3.8) is 0 Å². The lowest BCUT2D eigenvalue weighted by atomic mass is 9.74. The number of carbonyl (C=O) groups excluding carboxylic acids is 2. The second-order valence-corrected chi connectivity index (χ2v) is 11.8. The van der Waals surface area contributed by atoms with Gasteiger partial charge in [0, 0.05) is 0 Å². The second kappa shape index (κ2) is 11.3. The molecule has 0 bridgehead atoms. The Morgan fingerprint density at radius 1 is 1.10 bits per heavy atom. The van der Waals surface area contributed by atoms with Crippen LogP contribution in [0.5, 0.6) is 0 Å². The summed E-state index contributed by atoms with van der Waals surface area (Å²) < 4.78 is 59.5. The summed E-state index contributed by atoms with van der Waals surface area (Å²) in [4.78, 5) is 39.2. The number of alkyl halides is 4. The molecule has 13 heteroatoms. The molecule has 7 nitrogen and oxygen atoms in total. The van der Waals surface area contributed by atoms with Crippen LogP contribution in [0.3, 0.4) is 0 Å². The molecule has 2 aliphatic carbocycles. The zero-order valence-electron chi connectivity index (χ0n) is 21.7. The van der Waals surface area contributed by atoms with E-state index in [0.29, 0.717) is 12.8 Å². The van der Waals surface area contributed by atoms with Crippen molar-refractivity contribution in [3.8, 4) is 0 Å². The highest BCUT2D eigenvalue weighted by Crippen LogP contribution is 2.44. The van der Waals surface area contributed by atoms with Crippen molar-refractivity contribution >= 4 is 40.9 Å². The zero-order valence-corrected chi connectivity index (χ0v) is 23.3. The summed E-state index contributed by atoms with van der Waals surface area (Å²) in [6.07, 6.45) is -2.41. The molecule has 218 valence electrons. The summed E-state index contributed by atoms with van der Waals surface area (Å²) in [5.41, 5.74) is -5.15. The van der Waals surface area contributed by atoms with Crippen molar-refractivity contribution in [2.75, 3.05) is 13.1 Å². The lowest BCUT2D eigenvalue weighted by Gasteiger charge is -2.34. The normalized spacial score (nSPS) is 22.7. The van der Waals surface area contributed by atoms with Crippen molar-refractivity contribution in [2.45, 2.75) is 76.2 Å². The number of nitrogens with zero attached hydrogens (tertiary/aromatic N) is 3. The SMILES string of the molecule is C[C@]1(C(=O)O)CC[C@H](n2ncc(C(=O)N(CC(=O)c3c(Cl)cccc3Cl)CC3(F)CCCC3)c2C(F)(F)F)CC1. The number of ketones is 1. The number of benzene rings is 1. The molecule has 0 radical (unpaired) electrons. The molecule has 2 aromatic rings. The standard InChI is InChI=1S/C27H29Cl2F4N3O4/c1-25(24(39)40)11-7-16(8-12-25)36-22(27(31,32)33)17(13-34-36)23(38)35(15-26(30)9-2-3-10-26)14-20(37)21-18(28)5-4-6-19(21)29/h4-6,13,16H,2-3,7-12,14-15H2,1H3,(H,39,40)/t16-,25-. The number of carboxylic acids is 1. The number of hydrogen-bond donors (Lipinski definition) is 1. The highest BCUT2D eigenvalue weighted by Gasteiger charge is 2.46. The fraction of sp³-hybridized carbons (Fsp3) is 0.556. The van der Waals surface area contributed by atoms with Gasteiger partial charge in [-0.3, -0.25) is 19.1 Å². The maximum absolute atomic E-state index is 15.6. The van der Waals surface area contributed by atoms with Gasteiger partial charge in [-0.2, -0.15) is 18.3 Å². The molecule has 1 aromatic heterocycles. The van der Waals surface area contributed by atoms with Gasteiger partial charge in [0.25, 0.3) is 5.91 Å². The molecule has 1 aromatic carbocycles. The molecule has 0 unspecified atom stereocenters. The number of aliphatic carboxylic acids is 1. The molecular weight excluding hydrogens is 577 g/mol. The summed E-state index contributed by atoms with van der Waals surface area (Å²) >= 11 is 12.3. The van der Waals surface area contributed by atoms with Gasteiger partial charge in [-0.15, -0.1) is 0 Å². The minimum absolute atomic E-state index is 0.00446. The molecule has 0 atom stereocenters. The van der Waals surface area contributed by atoms with Crippen LogP contribution in [0.2, 0.25) is 10.0 Å². The number of carboxylic acid groups (broad SMARTS) is 1. The third kappa shape index (κ3) is 6.15. The van der Waals surface area contributed by atoms with Gasteiger partial charge in [-0.25, -0.2) is 4.39 Å². The van der Waals surface area contributed by atoms with Gasteiger partial charge in [-0.1, -0.05) is 42.1 Å². The highest BCUT2D eigenvalue weighted by atomic mass is 35.5. The molecule has 2 fully saturated rings. The predicted molar refractivity (Wildman–Crippen MR) is 139 cm³/mol. The van der Waals surface area contributed by atoms with E-state index >= 15 is 4.39 Å². The van der Waals surface area contributed by atoms with Gasteiger partial charge in [0.2, 0.25) is 0 Å². The summed E-state index contributed by atoms with van der Waals surface area (Å²) in [5, 5.41) is 13.4. The molecule has 40 heavy (non-hydrogen) atoms. The Labute approximate surface area is 238 Å². The van der Waals surface area contributed by atoms with E-state index in [9.17, 15) is 32.7 Å². The minimum atomic E-state index is -5.00. The number of Topliss-reactive ketones (excluding diaryl/α,β-unsaturated/α-hetero) is 1. The first kappa shape index (κ1) is 30.3. The Kier molecular flexibility index (Phi) is 8.57. The van der Waals surface area contributed by atoms with E-state index in [4.69, 9.17) is 23.2 Å². The number of carbonyl (C=O) groups is 3. The summed E-state index contributed by atoms with van der Waals surface area (Å²) in [7, 11) is 0. The van der Waals surface area contributed by atoms with Gasteiger partial charge in [0.15, 0.2) is 11.5 Å². The zero-order chi connectivity index (χ0) is 29.5. The summed E-state index contributed by atoms with van der Waals surface area (Å²) in [5.74, 6) is -2.96. The second-order valence-electron chi connectivity index (χ2n) is 11.0. The Morgan fingerprint density at radius 3 is 2.20 bits per heavy atom. The minimum Gasteiger partial charge on any atom is -0.481 e. The van der Waals surface area contributed by atoms with Gasteiger partial charge < -0.3 is 10.0 Å². The third-order valence-electron chi connectivity index (χ3n) is 8.05. The van der Waals surface area contributed by atoms with Crippen molar-refractivity contribution in [2.24, 2.45) is 5.41 Å². The number of rotatable bonds is 8. The number of hydrogen-bond acceptors (Lipinski definition) is 4. The van der Waals surface area contributed by atoms with Crippen LogP contribution in [-0.2, 0) is 11.0 Å². The summed E-state index contributed by atoms with van der Waals surface area (Å²) in [6.45, 7) is 0.226. The van der Waals surface area contributed by atoms with E-state index in [-0.39, 0.29) is 54.1 Å². The molecule has 1 heterocycles. The topological polar surface area (TPSA) is 92.5 Å². The summed E-state index contributed by atoms with van der Waals surface area (Å²) in [6, 6.07) is 3.54. The molecule has 1 N–H and O–H groups in total. The van der Waals surface area contributed by atoms with Crippen LogP contribution in [0.15, 0.2) is 24.4 Å². The van der Waals surface area contributed by atoms with E-state index in [0.717, 1.165) is 15.8 Å². The lowest BCUT2D eigenvalue weighted by molar-refractivity contribution is -0.152. The average Bonchev–Trinajstić information content (AvgIpc) is 3.50. The van der Waals surface area contributed by atoms with E-state index in [2.05, 4.69) is 5.10 Å². The Morgan fingerprint density at radius 2 is 1.68 bits per heavy atom. The molecular formula is C27H29Cl2F4N3O4. The largest absolute Gasteiger partial charge is 0.481 e. The van der Waals surface area contributed by atoms with Gasteiger partial charge >= 0.3 is 12.1 Å². The Bertz CT molecular complexity index is 1280. The highest BCUT2D eigenvalue weighted by molar-refractivity contribution is 6.40. The first-order valence-corrected chi connectivity index (χ1v) is 13.7. The van der Waals surface area contributed by atoms with Crippen LogP contribution in [0.1, 0.15) is 90.7 Å². The molecule has 0 saturated heterocycles. The van der Waals surface area contributed by atoms with Gasteiger partial charge in [-0.05, 0) is 57.6 Å². The maximum atomic E-state index is 15.6. The molecule has 1 amide bonds. The van der Waals surface area contributed by atoms with Crippen LogP contribution >= 0.6 is 23.2 Å². The van der Waals surface area contributed by atoms with Crippen molar-refractivity contribution in [1.82, 2.24) is 14.7 Å². The first-order valence-electron chi connectivity index (χ1n) is 13.0. The Hall–Kier alpha value is -2.66. The smallest absolute Gasteiger partial charge is 0.433 e. The van der Waals surface area contributed by atoms with Crippen molar-refractivity contribution in [1.29, 1.82) is 0 Å². The van der Waals surface area contributed by atoms with E-state index in [1.165, 1.54) is 18.2 Å².